The molecule has 0 bridgehead atoms. The van der Waals surface area contributed by atoms with Gasteiger partial charge in [0.25, 0.3) is 0 Å². The molecule has 0 amide bonds. The average molecular weight is 271 g/mol. The van der Waals surface area contributed by atoms with Gasteiger partial charge in [0.2, 0.25) is 0 Å². The summed E-state index contributed by atoms with van der Waals surface area (Å²) in [6.07, 6.45) is 5.69. The van der Waals surface area contributed by atoms with Gasteiger partial charge in [-0.05, 0) is 73.1 Å². The Kier molecular flexibility index (Phi) is 3.90. The zero-order chi connectivity index (χ0) is 14.2. The highest BCUT2D eigenvalue weighted by molar-refractivity contribution is 5.32. The third kappa shape index (κ3) is 3.25. The highest BCUT2D eigenvalue weighted by Gasteiger charge is 2.39. The quantitative estimate of drug-likeness (QED) is 0.855. The van der Waals surface area contributed by atoms with Crippen LogP contribution < -0.4 is 5.32 Å². The Labute approximate surface area is 124 Å². The second-order valence-corrected chi connectivity index (χ2v) is 7.90. The van der Waals surface area contributed by atoms with E-state index in [1.54, 1.807) is 5.56 Å². The molecule has 110 valence electrons. The van der Waals surface area contributed by atoms with Gasteiger partial charge in [0.1, 0.15) is 0 Å². The zero-order valence-electron chi connectivity index (χ0n) is 13.3. The molecule has 1 heteroatoms. The van der Waals surface area contributed by atoms with E-state index in [4.69, 9.17) is 0 Å². The van der Waals surface area contributed by atoms with Gasteiger partial charge in [-0.3, -0.25) is 0 Å². The minimum atomic E-state index is 0.274. The van der Waals surface area contributed by atoms with Crippen molar-refractivity contribution in [2.24, 2.45) is 11.8 Å². The molecule has 1 aromatic carbocycles. The van der Waals surface area contributed by atoms with Gasteiger partial charge in [0.15, 0.2) is 0 Å². The summed E-state index contributed by atoms with van der Waals surface area (Å²) in [5, 5.41) is 3.47. The van der Waals surface area contributed by atoms with E-state index >= 15 is 0 Å². The van der Waals surface area contributed by atoms with E-state index < -0.39 is 0 Å². The zero-order valence-corrected chi connectivity index (χ0v) is 13.3. The minimum Gasteiger partial charge on any atom is -0.317 e. The van der Waals surface area contributed by atoms with Crippen molar-refractivity contribution in [1.29, 1.82) is 0 Å². The van der Waals surface area contributed by atoms with Crippen LogP contribution in [0.15, 0.2) is 24.3 Å². The van der Waals surface area contributed by atoms with Crippen molar-refractivity contribution in [3.8, 4) is 0 Å². The molecule has 1 N–H and O–H groups in total. The van der Waals surface area contributed by atoms with E-state index in [1.165, 1.54) is 44.3 Å². The molecule has 1 aliphatic carbocycles. The summed E-state index contributed by atoms with van der Waals surface area (Å²) < 4.78 is 0. The first-order valence-corrected chi connectivity index (χ1v) is 8.35. The third-order valence-corrected chi connectivity index (χ3v) is 5.22. The van der Waals surface area contributed by atoms with Crippen LogP contribution in [0.2, 0.25) is 0 Å². The van der Waals surface area contributed by atoms with E-state index in [0.29, 0.717) is 0 Å². The van der Waals surface area contributed by atoms with Crippen LogP contribution in [-0.2, 0) is 5.41 Å². The average Bonchev–Trinajstić information content (AvgIpc) is 3.18. The highest BCUT2D eigenvalue weighted by Crippen LogP contribution is 2.51. The maximum Gasteiger partial charge on any atom is -0.00463 e. The summed E-state index contributed by atoms with van der Waals surface area (Å²) in [6, 6.07) is 9.45. The summed E-state index contributed by atoms with van der Waals surface area (Å²) >= 11 is 0. The molecule has 0 spiro atoms. The normalized spacial score (nSPS) is 27.6. The van der Waals surface area contributed by atoms with Gasteiger partial charge in [0.05, 0.1) is 0 Å². The molecule has 2 unspecified atom stereocenters. The Morgan fingerprint density at radius 2 is 1.70 bits per heavy atom. The van der Waals surface area contributed by atoms with Crippen LogP contribution >= 0.6 is 0 Å². The third-order valence-electron chi connectivity index (χ3n) is 5.22. The minimum absolute atomic E-state index is 0.274. The fourth-order valence-electron chi connectivity index (χ4n) is 3.69. The molecular weight excluding hydrogens is 242 g/mol. The Morgan fingerprint density at radius 3 is 2.30 bits per heavy atom. The number of piperidine rings is 1. The molecule has 20 heavy (non-hydrogen) atoms. The molecule has 1 heterocycles. The van der Waals surface area contributed by atoms with E-state index in [2.05, 4.69) is 50.4 Å². The van der Waals surface area contributed by atoms with Crippen molar-refractivity contribution >= 4 is 0 Å². The van der Waals surface area contributed by atoms with Gasteiger partial charge in [0, 0.05) is 0 Å². The van der Waals surface area contributed by atoms with Gasteiger partial charge in [-0.2, -0.15) is 0 Å². The first-order valence-electron chi connectivity index (χ1n) is 8.35. The predicted molar refractivity (Wildman–Crippen MR) is 86.2 cm³/mol. The maximum absolute atomic E-state index is 3.47. The lowest BCUT2D eigenvalue weighted by molar-refractivity contribution is 0.338. The van der Waals surface area contributed by atoms with Crippen LogP contribution in [0.5, 0.6) is 0 Å². The molecule has 1 aliphatic heterocycles. The largest absolute Gasteiger partial charge is 0.317 e. The molecule has 1 aromatic rings. The van der Waals surface area contributed by atoms with Gasteiger partial charge in [-0.25, -0.2) is 0 Å². The SMILES string of the molecule is CC(C)(C)c1ccc(C2CC2CC2CCNCC2)cc1. The lowest BCUT2D eigenvalue weighted by Gasteiger charge is -2.22. The smallest absolute Gasteiger partial charge is 0.00463 e. The fourth-order valence-corrected chi connectivity index (χ4v) is 3.69. The monoisotopic (exact) mass is 271 g/mol. The lowest BCUT2D eigenvalue weighted by atomic mass is 9.86. The molecule has 2 fully saturated rings. The first kappa shape index (κ1) is 14.1. The second-order valence-electron chi connectivity index (χ2n) is 7.90. The van der Waals surface area contributed by atoms with Crippen LogP contribution in [0.1, 0.15) is 63.5 Å². The van der Waals surface area contributed by atoms with Crippen LogP contribution in [0, 0.1) is 11.8 Å². The molecule has 0 radical (unpaired) electrons. The van der Waals surface area contributed by atoms with Crippen LogP contribution in [-0.4, -0.2) is 13.1 Å². The lowest BCUT2D eigenvalue weighted by Crippen LogP contribution is -2.27. The summed E-state index contributed by atoms with van der Waals surface area (Å²) in [6.45, 7) is 9.35. The number of hydrogen-bond donors (Lipinski definition) is 1. The Morgan fingerprint density at radius 1 is 1.05 bits per heavy atom. The molecule has 2 atom stereocenters. The number of nitrogens with one attached hydrogen (secondary N) is 1. The van der Waals surface area contributed by atoms with Crippen LogP contribution in [0.3, 0.4) is 0 Å². The summed E-state index contributed by atoms with van der Waals surface area (Å²) in [7, 11) is 0. The van der Waals surface area contributed by atoms with E-state index in [1.807, 2.05) is 0 Å². The maximum atomic E-state index is 3.47. The Bertz CT molecular complexity index is 434. The number of rotatable bonds is 3. The van der Waals surface area contributed by atoms with Crippen LogP contribution in [0.4, 0.5) is 0 Å². The predicted octanol–water partition coefficient (Wildman–Crippen LogP) is 4.48. The second kappa shape index (κ2) is 5.52. The topological polar surface area (TPSA) is 12.0 Å². The Hall–Kier alpha value is -0.820. The van der Waals surface area contributed by atoms with Crippen LogP contribution in [0.25, 0.3) is 0 Å². The summed E-state index contributed by atoms with van der Waals surface area (Å²) in [5.41, 5.74) is 3.31. The van der Waals surface area contributed by atoms with E-state index in [9.17, 15) is 0 Å². The van der Waals surface area contributed by atoms with Crippen molar-refractivity contribution in [1.82, 2.24) is 5.32 Å². The van der Waals surface area contributed by atoms with E-state index in [-0.39, 0.29) is 5.41 Å². The number of benzene rings is 1. The van der Waals surface area contributed by atoms with Crippen molar-refractivity contribution in [2.45, 2.75) is 57.8 Å². The van der Waals surface area contributed by atoms with Gasteiger partial charge in [-0.15, -0.1) is 0 Å². The molecule has 1 saturated heterocycles. The van der Waals surface area contributed by atoms with Gasteiger partial charge in [-0.1, -0.05) is 45.0 Å². The standard InChI is InChI=1S/C19H29N/c1-19(2,3)17-6-4-15(5-7-17)18-13-16(18)12-14-8-10-20-11-9-14/h4-7,14,16,18,20H,8-13H2,1-3H3. The number of hydrogen-bond acceptors (Lipinski definition) is 1. The molecule has 3 rings (SSSR count). The van der Waals surface area contributed by atoms with Crippen molar-refractivity contribution < 1.29 is 0 Å². The molecule has 1 nitrogen and oxygen atoms in total. The van der Waals surface area contributed by atoms with Crippen molar-refractivity contribution in [2.75, 3.05) is 13.1 Å². The molecular formula is C19H29N. The summed E-state index contributed by atoms with van der Waals surface area (Å²) in [5.74, 6) is 2.82. The van der Waals surface area contributed by atoms with Crippen molar-refractivity contribution in [3.63, 3.8) is 0 Å². The van der Waals surface area contributed by atoms with Gasteiger partial charge < -0.3 is 5.32 Å². The molecule has 2 aliphatic rings. The van der Waals surface area contributed by atoms with E-state index in [0.717, 1.165) is 17.8 Å². The highest BCUT2D eigenvalue weighted by atomic mass is 14.9. The van der Waals surface area contributed by atoms with Gasteiger partial charge >= 0.3 is 0 Å². The van der Waals surface area contributed by atoms with Crippen molar-refractivity contribution in [3.05, 3.63) is 35.4 Å². The fraction of sp³-hybridized carbons (Fsp3) is 0.684. The Balaban J connectivity index is 1.56. The molecule has 1 saturated carbocycles. The molecule has 0 aromatic heterocycles. The summed E-state index contributed by atoms with van der Waals surface area (Å²) in [4.78, 5) is 0. The first-order chi connectivity index (χ1) is 9.54.